The fraction of sp³-hybridized carbons (Fsp3) is 0.385. The average molecular weight is 262 g/mol. The number of benzene rings is 1. The Bertz CT molecular complexity index is 478. The molecule has 4 nitrogen and oxygen atoms in total. The summed E-state index contributed by atoms with van der Waals surface area (Å²) in [7, 11) is 4.05. The molecule has 0 fully saturated rings. The second-order valence-electron chi connectivity index (χ2n) is 4.72. The second-order valence-corrected chi connectivity index (χ2v) is 5.14. The van der Waals surface area contributed by atoms with Gasteiger partial charge in [0, 0.05) is 31.9 Å². The number of nitrogens with two attached hydrogens (primary N) is 1. The number of hydrogen-bond donors (Lipinski definition) is 1. The van der Waals surface area contributed by atoms with E-state index in [-0.39, 0.29) is 6.04 Å². The smallest absolute Gasteiger partial charge is 0.187 e. The highest BCUT2D eigenvalue weighted by Crippen LogP contribution is 2.31. The topological polar surface area (TPSA) is 44.9 Å². The maximum atomic E-state index is 5.71. The minimum Gasteiger partial charge on any atom is -0.378 e. The Morgan fingerprint density at radius 1 is 1.39 bits per heavy atom. The lowest BCUT2D eigenvalue weighted by Crippen LogP contribution is -2.31. The molecule has 1 atom stereocenters. The maximum Gasteiger partial charge on any atom is 0.187 e. The van der Waals surface area contributed by atoms with Crippen molar-refractivity contribution in [1.29, 1.82) is 0 Å². The standard InChI is InChI=1S/C13H18N4S/c1-9-8-12(17(15-9)13(14)18)10-4-6-11(7-5-10)16(2)3/h4-7,12H,8H2,1-3H3,(H2,14,18). The van der Waals surface area contributed by atoms with Crippen LogP contribution in [0.4, 0.5) is 5.69 Å². The normalized spacial score (nSPS) is 18.7. The molecule has 0 aliphatic carbocycles. The van der Waals surface area contributed by atoms with Gasteiger partial charge in [0.25, 0.3) is 0 Å². The fourth-order valence-corrected chi connectivity index (χ4v) is 2.29. The van der Waals surface area contributed by atoms with Crippen molar-refractivity contribution in [2.75, 3.05) is 19.0 Å². The molecule has 2 rings (SSSR count). The third-order valence-electron chi connectivity index (χ3n) is 3.08. The third-order valence-corrected chi connectivity index (χ3v) is 3.27. The Balaban J connectivity index is 2.24. The van der Waals surface area contributed by atoms with Crippen LogP contribution < -0.4 is 10.6 Å². The molecule has 1 aromatic carbocycles. The van der Waals surface area contributed by atoms with Gasteiger partial charge in [-0.1, -0.05) is 12.1 Å². The molecular weight excluding hydrogens is 244 g/mol. The molecule has 1 aliphatic rings. The molecule has 1 heterocycles. The quantitative estimate of drug-likeness (QED) is 0.829. The number of nitrogens with zero attached hydrogens (tertiary/aromatic N) is 3. The second kappa shape index (κ2) is 4.94. The molecule has 1 aromatic rings. The van der Waals surface area contributed by atoms with Gasteiger partial charge in [-0.3, -0.25) is 0 Å². The highest BCUT2D eigenvalue weighted by atomic mass is 32.1. The van der Waals surface area contributed by atoms with E-state index in [0.717, 1.165) is 12.1 Å². The Morgan fingerprint density at radius 2 is 2.00 bits per heavy atom. The Morgan fingerprint density at radius 3 is 2.50 bits per heavy atom. The summed E-state index contributed by atoms with van der Waals surface area (Å²) < 4.78 is 0. The van der Waals surface area contributed by atoms with Crippen LogP contribution >= 0.6 is 12.2 Å². The van der Waals surface area contributed by atoms with Gasteiger partial charge in [0.05, 0.1) is 6.04 Å². The van der Waals surface area contributed by atoms with E-state index in [0.29, 0.717) is 5.11 Å². The van der Waals surface area contributed by atoms with E-state index in [1.807, 2.05) is 21.0 Å². The fourth-order valence-electron chi connectivity index (χ4n) is 2.12. The molecular formula is C13H18N4S. The summed E-state index contributed by atoms with van der Waals surface area (Å²) in [6, 6.07) is 8.55. The van der Waals surface area contributed by atoms with Gasteiger partial charge in [0.15, 0.2) is 5.11 Å². The van der Waals surface area contributed by atoms with Crippen LogP contribution in [0.25, 0.3) is 0 Å². The predicted molar refractivity (Wildman–Crippen MR) is 79.9 cm³/mol. The van der Waals surface area contributed by atoms with E-state index in [2.05, 4.69) is 34.3 Å². The average Bonchev–Trinajstić information content (AvgIpc) is 2.71. The first-order valence-electron chi connectivity index (χ1n) is 5.89. The number of hydrazone groups is 1. The molecule has 1 unspecified atom stereocenters. The number of anilines is 1. The van der Waals surface area contributed by atoms with Gasteiger partial charge in [-0.25, -0.2) is 5.01 Å². The molecule has 18 heavy (non-hydrogen) atoms. The number of thiocarbonyl (C=S) groups is 1. The molecule has 0 amide bonds. The van der Waals surface area contributed by atoms with Gasteiger partial charge in [0.2, 0.25) is 0 Å². The van der Waals surface area contributed by atoms with Crippen LogP contribution in [-0.2, 0) is 0 Å². The van der Waals surface area contributed by atoms with E-state index in [1.54, 1.807) is 5.01 Å². The summed E-state index contributed by atoms with van der Waals surface area (Å²) in [5.74, 6) is 0. The molecule has 0 saturated carbocycles. The molecule has 5 heteroatoms. The zero-order valence-electron chi connectivity index (χ0n) is 10.9. The maximum absolute atomic E-state index is 5.71. The third kappa shape index (κ3) is 2.46. The van der Waals surface area contributed by atoms with Gasteiger partial charge < -0.3 is 10.6 Å². The molecule has 1 aliphatic heterocycles. The summed E-state index contributed by atoms with van der Waals surface area (Å²) in [4.78, 5) is 2.07. The van der Waals surface area contributed by atoms with E-state index in [9.17, 15) is 0 Å². The molecule has 0 radical (unpaired) electrons. The lowest BCUT2D eigenvalue weighted by atomic mass is 10.0. The first-order chi connectivity index (χ1) is 8.49. The summed E-state index contributed by atoms with van der Waals surface area (Å²) in [5.41, 5.74) is 9.13. The van der Waals surface area contributed by atoms with Gasteiger partial charge in [0.1, 0.15) is 0 Å². The molecule has 2 N–H and O–H groups in total. The molecule has 0 spiro atoms. The van der Waals surface area contributed by atoms with Crippen LogP contribution in [0.5, 0.6) is 0 Å². The lowest BCUT2D eigenvalue weighted by molar-refractivity contribution is 0.373. The molecule has 0 aromatic heterocycles. The predicted octanol–water partition coefficient (Wildman–Crippen LogP) is 2.12. The van der Waals surface area contributed by atoms with Crippen LogP contribution in [0.15, 0.2) is 29.4 Å². The summed E-state index contributed by atoms with van der Waals surface area (Å²) >= 11 is 5.04. The SMILES string of the molecule is CC1=NN(C(N)=S)C(c2ccc(N(C)C)cc2)C1. The van der Waals surface area contributed by atoms with Crippen molar-refractivity contribution in [2.24, 2.45) is 10.8 Å². The Hall–Kier alpha value is -1.62. The number of hydrogen-bond acceptors (Lipinski definition) is 3. The first-order valence-corrected chi connectivity index (χ1v) is 6.30. The van der Waals surface area contributed by atoms with Crippen molar-refractivity contribution in [3.8, 4) is 0 Å². The summed E-state index contributed by atoms with van der Waals surface area (Å²) in [6.07, 6.45) is 0.874. The van der Waals surface area contributed by atoms with E-state index < -0.39 is 0 Å². The zero-order chi connectivity index (χ0) is 13.3. The Kier molecular flexibility index (Phi) is 3.52. The monoisotopic (exact) mass is 262 g/mol. The van der Waals surface area contributed by atoms with Crippen LogP contribution in [0, 0.1) is 0 Å². The van der Waals surface area contributed by atoms with Crippen molar-refractivity contribution < 1.29 is 0 Å². The van der Waals surface area contributed by atoms with Crippen molar-refractivity contribution in [1.82, 2.24) is 5.01 Å². The van der Waals surface area contributed by atoms with Crippen molar-refractivity contribution in [2.45, 2.75) is 19.4 Å². The van der Waals surface area contributed by atoms with E-state index in [4.69, 9.17) is 18.0 Å². The summed E-state index contributed by atoms with van der Waals surface area (Å²) in [5, 5.41) is 6.44. The molecule has 96 valence electrons. The van der Waals surface area contributed by atoms with Gasteiger partial charge >= 0.3 is 0 Å². The van der Waals surface area contributed by atoms with Crippen molar-refractivity contribution in [3.63, 3.8) is 0 Å². The van der Waals surface area contributed by atoms with Gasteiger partial charge in [-0.15, -0.1) is 0 Å². The first kappa shape index (κ1) is 12.8. The van der Waals surface area contributed by atoms with Crippen LogP contribution in [0.1, 0.15) is 24.9 Å². The van der Waals surface area contributed by atoms with Gasteiger partial charge in [-0.05, 0) is 36.8 Å². The minimum atomic E-state index is 0.138. The van der Waals surface area contributed by atoms with E-state index >= 15 is 0 Å². The lowest BCUT2D eigenvalue weighted by Gasteiger charge is -2.22. The highest BCUT2D eigenvalue weighted by Gasteiger charge is 2.27. The highest BCUT2D eigenvalue weighted by molar-refractivity contribution is 7.80. The van der Waals surface area contributed by atoms with Crippen LogP contribution in [0.3, 0.4) is 0 Å². The largest absolute Gasteiger partial charge is 0.378 e. The van der Waals surface area contributed by atoms with E-state index in [1.165, 1.54) is 11.3 Å². The van der Waals surface area contributed by atoms with Gasteiger partial charge in [-0.2, -0.15) is 5.10 Å². The van der Waals surface area contributed by atoms with Crippen LogP contribution in [0.2, 0.25) is 0 Å². The Labute approximate surface area is 113 Å². The molecule has 0 saturated heterocycles. The zero-order valence-corrected chi connectivity index (χ0v) is 11.7. The van der Waals surface area contributed by atoms with Crippen molar-refractivity contribution >= 4 is 28.7 Å². The van der Waals surface area contributed by atoms with Crippen LogP contribution in [-0.4, -0.2) is 29.9 Å². The molecule has 0 bridgehead atoms. The number of rotatable bonds is 2. The summed E-state index contributed by atoms with van der Waals surface area (Å²) in [6.45, 7) is 2.00. The van der Waals surface area contributed by atoms with Crippen molar-refractivity contribution in [3.05, 3.63) is 29.8 Å². The minimum absolute atomic E-state index is 0.138.